The minimum atomic E-state index is -3.71. The lowest BCUT2D eigenvalue weighted by molar-refractivity contribution is 0.603. The molecule has 0 amide bonds. The number of hydrogen-bond donors (Lipinski definition) is 1. The molecule has 0 fully saturated rings. The Balaban J connectivity index is 2.36. The fraction of sp³-hybridized carbons (Fsp3) is 0. The van der Waals surface area contributed by atoms with Gasteiger partial charge in [-0.1, -0.05) is 34.8 Å². The number of anilines is 1. The van der Waals surface area contributed by atoms with Crippen LogP contribution >= 0.6 is 62.1 Å². The van der Waals surface area contributed by atoms with Crippen LogP contribution in [0.5, 0.6) is 0 Å². The van der Waals surface area contributed by atoms with Gasteiger partial charge in [0.1, 0.15) is 8.55 Å². The van der Waals surface area contributed by atoms with Crippen LogP contribution in [0.3, 0.4) is 0 Å². The van der Waals surface area contributed by atoms with E-state index in [1.54, 1.807) is 0 Å². The molecule has 9 heteroatoms. The van der Waals surface area contributed by atoms with Crippen LogP contribution in [0.1, 0.15) is 0 Å². The smallest absolute Gasteiger partial charge is 0.271 e. The van der Waals surface area contributed by atoms with Gasteiger partial charge in [-0.05, 0) is 40.2 Å². The summed E-state index contributed by atoms with van der Waals surface area (Å²) in [4.78, 5) is 0. The molecule has 3 nitrogen and oxygen atoms in total. The molecular formula is C10H5BrCl3NO2S2. The number of hydrogen-bond acceptors (Lipinski definition) is 3. The molecular weight excluding hydrogens is 417 g/mol. The average molecular weight is 422 g/mol. The second-order valence-corrected chi connectivity index (χ2v) is 8.74. The highest BCUT2D eigenvalue weighted by atomic mass is 79.9. The van der Waals surface area contributed by atoms with E-state index < -0.39 is 10.0 Å². The summed E-state index contributed by atoms with van der Waals surface area (Å²) in [6.07, 6.45) is 0. The van der Waals surface area contributed by atoms with E-state index in [1.807, 2.05) is 0 Å². The van der Waals surface area contributed by atoms with Gasteiger partial charge in [-0.15, -0.1) is 11.3 Å². The largest absolute Gasteiger partial charge is 0.279 e. The minimum absolute atomic E-state index is 0.0977. The topological polar surface area (TPSA) is 46.2 Å². The second-order valence-electron chi connectivity index (χ2n) is 3.45. The Morgan fingerprint density at radius 2 is 1.63 bits per heavy atom. The molecule has 0 atom stereocenters. The quantitative estimate of drug-likeness (QED) is 0.734. The van der Waals surface area contributed by atoms with E-state index in [1.165, 1.54) is 24.3 Å². The molecule has 102 valence electrons. The summed E-state index contributed by atoms with van der Waals surface area (Å²) in [6, 6.07) is 5.88. The van der Waals surface area contributed by atoms with Crippen LogP contribution in [-0.2, 0) is 10.0 Å². The summed E-state index contributed by atoms with van der Waals surface area (Å²) in [5, 5.41) is 0.686. The highest BCUT2D eigenvalue weighted by Gasteiger charge is 2.19. The average Bonchev–Trinajstić information content (AvgIpc) is 2.57. The molecule has 2 rings (SSSR count). The normalized spacial score (nSPS) is 11.6. The van der Waals surface area contributed by atoms with Crippen molar-refractivity contribution in [2.75, 3.05) is 4.72 Å². The predicted molar refractivity (Wildman–Crippen MR) is 84.3 cm³/mol. The van der Waals surface area contributed by atoms with Crippen LogP contribution < -0.4 is 4.72 Å². The van der Waals surface area contributed by atoms with Crippen LogP contribution in [0.25, 0.3) is 0 Å². The highest BCUT2D eigenvalue weighted by Crippen LogP contribution is 2.35. The number of rotatable bonds is 3. The first kappa shape index (κ1) is 15.4. The lowest BCUT2D eigenvalue weighted by Crippen LogP contribution is -2.11. The van der Waals surface area contributed by atoms with Gasteiger partial charge >= 0.3 is 0 Å². The van der Waals surface area contributed by atoms with Crippen molar-refractivity contribution >= 4 is 77.8 Å². The van der Waals surface area contributed by atoms with E-state index in [-0.39, 0.29) is 9.90 Å². The zero-order valence-electron chi connectivity index (χ0n) is 8.95. The monoisotopic (exact) mass is 419 g/mol. The number of halogens is 4. The van der Waals surface area contributed by atoms with Crippen molar-refractivity contribution < 1.29 is 8.42 Å². The third-order valence-electron chi connectivity index (χ3n) is 2.00. The summed E-state index contributed by atoms with van der Waals surface area (Å²) in [7, 11) is -3.71. The Bertz CT molecular complexity index is 691. The van der Waals surface area contributed by atoms with Gasteiger partial charge in [0.05, 0.1) is 5.69 Å². The molecule has 0 aliphatic rings. The summed E-state index contributed by atoms with van der Waals surface area (Å²) in [5.74, 6) is 0. The highest BCUT2D eigenvalue weighted by molar-refractivity contribution is 9.10. The van der Waals surface area contributed by atoms with Gasteiger partial charge < -0.3 is 0 Å². The lowest BCUT2D eigenvalue weighted by Gasteiger charge is -2.07. The maximum atomic E-state index is 12.1. The van der Waals surface area contributed by atoms with E-state index in [2.05, 4.69) is 20.7 Å². The molecule has 0 spiro atoms. The van der Waals surface area contributed by atoms with Gasteiger partial charge in [-0.3, -0.25) is 4.72 Å². The molecule has 1 N–H and O–H groups in total. The van der Waals surface area contributed by atoms with Crippen molar-refractivity contribution in [3.63, 3.8) is 0 Å². The van der Waals surface area contributed by atoms with E-state index in [4.69, 9.17) is 34.8 Å². The van der Waals surface area contributed by atoms with Crippen LogP contribution in [0.15, 0.2) is 32.9 Å². The molecule has 0 aliphatic carbocycles. The lowest BCUT2D eigenvalue weighted by atomic mass is 10.3. The molecule has 0 saturated heterocycles. The fourth-order valence-electron chi connectivity index (χ4n) is 1.28. The van der Waals surface area contributed by atoms with Crippen molar-refractivity contribution in [3.8, 4) is 0 Å². The number of nitrogens with one attached hydrogen (secondary N) is 1. The van der Waals surface area contributed by atoms with Crippen LogP contribution in [0, 0.1) is 0 Å². The Hall–Kier alpha value is 0.0200. The molecule has 0 saturated carbocycles. The van der Waals surface area contributed by atoms with Crippen molar-refractivity contribution in [2.45, 2.75) is 4.21 Å². The molecule has 1 aromatic carbocycles. The molecule has 0 unspecified atom stereocenters. The summed E-state index contributed by atoms with van der Waals surface area (Å²) >= 11 is 21.6. The van der Waals surface area contributed by atoms with Crippen LogP contribution in [0.4, 0.5) is 5.69 Å². The van der Waals surface area contributed by atoms with E-state index >= 15 is 0 Å². The Kier molecular flexibility index (Phi) is 4.70. The van der Waals surface area contributed by atoms with Crippen molar-refractivity contribution in [2.24, 2.45) is 0 Å². The molecule has 19 heavy (non-hydrogen) atoms. The first-order valence-corrected chi connectivity index (χ1v) is 8.94. The summed E-state index contributed by atoms with van der Waals surface area (Å²) in [5.41, 5.74) is 0.290. The van der Waals surface area contributed by atoms with E-state index in [0.29, 0.717) is 18.9 Å². The maximum Gasteiger partial charge on any atom is 0.271 e. The zero-order chi connectivity index (χ0) is 14.2. The van der Waals surface area contributed by atoms with Gasteiger partial charge in [-0.25, -0.2) is 8.42 Å². The maximum absolute atomic E-state index is 12.1. The number of sulfonamides is 1. The van der Waals surface area contributed by atoms with Crippen LogP contribution in [0.2, 0.25) is 14.4 Å². The van der Waals surface area contributed by atoms with Crippen LogP contribution in [-0.4, -0.2) is 8.42 Å². The van der Waals surface area contributed by atoms with Crippen molar-refractivity contribution in [1.29, 1.82) is 0 Å². The third kappa shape index (κ3) is 3.77. The molecule has 0 bridgehead atoms. The molecule has 1 aromatic heterocycles. The number of thiophene rings is 1. The molecule has 1 heterocycles. The van der Waals surface area contributed by atoms with Gasteiger partial charge in [0, 0.05) is 14.5 Å². The molecule has 0 radical (unpaired) electrons. The van der Waals surface area contributed by atoms with Crippen molar-refractivity contribution in [3.05, 3.63) is 43.1 Å². The standard InChI is InChI=1S/C10H5BrCl3NO2S2/c11-8-4-9(18-10(8)14)19(16,17)15-7-2-5(12)1-6(13)3-7/h1-4,15H. The molecule has 0 aliphatic heterocycles. The number of benzene rings is 1. The first-order valence-electron chi connectivity index (χ1n) is 4.72. The first-order chi connectivity index (χ1) is 8.78. The fourth-order valence-corrected chi connectivity index (χ4v) is 5.14. The summed E-state index contributed by atoms with van der Waals surface area (Å²) in [6.45, 7) is 0. The van der Waals surface area contributed by atoms with Gasteiger partial charge in [0.2, 0.25) is 0 Å². The van der Waals surface area contributed by atoms with Gasteiger partial charge in [0.15, 0.2) is 0 Å². The SMILES string of the molecule is O=S(=O)(Nc1cc(Cl)cc(Cl)c1)c1cc(Br)c(Cl)s1. The predicted octanol–water partition coefficient (Wildman–Crippen LogP) is 5.27. The van der Waals surface area contributed by atoms with E-state index in [9.17, 15) is 8.42 Å². The zero-order valence-corrected chi connectivity index (χ0v) is 14.4. The van der Waals surface area contributed by atoms with E-state index in [0.717, 1.165) is 11.3 Å². The van der Waals surface area contributed by atoms with Crippen molar-refractivity contribution in [1.82, 2.24) is 0 Å². The third-order valence-corrected chi connectivity index (χ3v) is 6.77. The van der Waals surface area contributed by atoms with Gasteiger partial charge in [0.25, 0.3) is 10.0 Å². The van der Waals surface area contributed by atoms with Gasteiger partial charge in [-0.2, -0.15) is 0 Å². The minimum Gasteiger partial charge on any atom is -0.279 e. The second kappa shape index (κ2) is 5.79. The Morgan fingerprint density at radius 1 is 1.05 bits per heavy atom. The molecule has 2 aromatic rings. The summed E-state index contributed by atoms with van der Waals surface area (Å²) < 4.78 is 27.6. The Labute approximate surface area is 137 Å². The Morgan fingerprint density at radius 3 is 2.11 bits per heavy atom.